The minimum absolute atomic E-state index is 0.106. The summed E-state index contributed by atoms with van der Waals surface area (Å²) in [5.74, 6) is -1.14. The Labute approximate surface area is 192 Å². The minimum atomic E-state index is -4.24. The fourth-order valence-corrected chi connectivity index (χ4v) is 4.76. The van der Waals surface area contributed by atoms with E-state index in [1.54, 1.807) is 6.07 Å². The second kappa shape index (κ2) is 9.48. The van der Waals surface area contributed by atoms with Crippen molar-refractivity contribution in [2.75, 3.05) is 26.4 Å². The maximum Gasteiger partial charge on any atom is 0.427 e. The number of alkyl halides is 3. The summed E-state index contributed by atoms with van der Waals surface area (Å²) in [4.78, 5) is -0.183. The van der Waals surface area contributed by atoms with E-state index in [0.717, 1.165) is 16.4 Å². The van der Waals surface area contributed by atoms with Gasteiger partial charge >= 0.3 is 6.11 Å². The highest BCUT2D eigenvalue weighted by Crippen LogP contribution is 2.37. The van der Waals surface area contributed by atoms with Crippen LogP contribution in [0.5, 0.6) is 11.5 Å². The smallest absolute Gasteiger partial charge is 0.427 e. The van der Waals surface area contributed by atoms with Crippen LogP contribution in [-0.2, 0) is 10.0 Å². The molecule has 1 saturated heterocycles. The fraction of sp³-hybridized carbons (Fsp3) is 0.333. The van der Waals surface area contributed by atoms with E-state index >= 15 is 0 Å². The van der Waals surface area contributed by atoms with Crippen LogP contribution < -0.4 is 9.47 Å². The highest BCUT2D eigenvalue weighted by molar-refractivity contribution is 7.89. The number of hydrogen-bond acceptors (Lipinski definition) is 8. The summed E-state index contributed by atoms with van der Waals surface area (Å²) in [6, 6.07) is 11.7. The minimum Gasteiger partial charge on any atom is -0.482 e. The molecule has 0 aromatic heterocycles. The van der Waals surface area contributed by atoms with Crippen molar-refractivity contribution in [2.24, 2.45) is 0 Å². The molecule has 9 nitrogen and oxygen atoms in total. The van der Waals surface area contributed by atoms with E-state index < -0.39 is 65.7 Å². The molecule has 0 unspecified atom stereocenters. The zero-order valence-corrected chi connectivity index (χ0v) is 18.2. The Balaban J connectivity index is 1.92. The second-order valence-corrected chi connectivity index (χ2v) is 9.39. The van der Waals surface area contributed by atoms with Crippen LogP contribution in [0.1, 0.15) is 11.1 Å². The van der Waals surface area contributed by atoms with Crippen LogP contribution in [0.3, 0.4) is 0 Å². The Bertz CT molecular complexity index is 1240. The highest BCUT2D eigenvalue weighted by atomic mass is 32.2. The van der Waals surface area contributed by atoms with E-state index in [4.69, 9.17) is 15.3 Å². The second-order valence-electron chi connectivity index (χ2n) is 7.45. The first-order valence-electron chi connectivity index (χ1n) is 9.65. The summed E-state index contributed by atoms with van der Waals surface area (Å²) < 4.78 is 76.4. The molecular formula is C21H18F3N3O6S. The van der Waals surface area contributed by atoms with Crippen molar-refractivity contribution in [3.05, 3.63) is 53.6 Å². The number of sulfonamides is 1. The topological polar surface area (TPSA) is 144 Å². The van der Waals surface area contributed by atoms with Crippen LogP contribution in [0.4, 0.5) is 13.2 Å². The Morgan fingerprint density at radius 3 is 2.29 bits per heavy atom. The van der Waals surface area contributed by atoms with Gasteiger partial charge in [0.25, 0.3) is 0 Å². The SMILES string of the molecule is N#Cc1ccc(S(=O)(=O)N2C[C@H](Oc3ccc(C#N)cc3OC(F)(F)CF)[C@](O)(CO)C2)cc1. The molecule has 1 aliphatic rings. The molecule has 1 aliphatic heterocycles. The number of rotatable bonds is 8. The zero-order valence-electron chi connectivity index (χ0n) is 17.4. The lowest BCUT2D eigenvalue weighted by Crippen LogP contribution is -2.48. The summed E-state index contributed by atoms with van der Waals surface area (Å²) in [5.41, 5.74) is -2.01. The average Bonchev–Trinajstić information content (AvgIpc) is 3.17. The van der Waals surface area contributed by atoms with Crippen molar-refractivity contribution in [1.82, 2.24) is 4.31 Å². The number of halogens is 3. The molecule has 34 heavy (non-hydrogen) atoms. The van der Waals surface area contributed by atoms with Gasteiger partial charge in [-0.25, -0.2) is 12.8 Å². The Hall–Kier alpha value is -3.36. The third-order valence-electron chi connectivity index (χ3n) is 5.07. The largest absolute Gasteiger partial charge is 0.482 e. The molecule has 2 aromatic rings. The van der Waals surface area contributed by atoms with Gasteiger partial charge in [0, 0.05) is 12.6 Å². The van der Waals surface area contributed by atoms with Crippen LogP contribution in [0, 0.1) is 22.7 Å². The molecule has 0 bridgehead atoms. The lowest BCUT2D eigenvalue weighted by atomic mass is 10.0. The molecule has 0 amide bonds. The van der Waals surface area contributed by atoms with E-state index in [-0.39, 0.29) is 16.0 Å². The van der Waals surface area contributed by atoms with E-state index in [0.29, 0.717) is 0 Å². The molecule has 0 aliphatic carbocycles. The van der Waals surface area contributed by atoms with E-state index in [2.05, 4.69) is 4.74 Å². The molecule has 13 heteroatoms. The predicted molar refractivity (Wildman–Crippen MR) is 109 cm³/mol. The van der Waals surface area contributed by atoms with Crippen molar-refractivity contribution in [3.63, 3.8) is 0 Å². The number of nitriles is 2. The number of aliphatic hydroxyl groups excluding tert-OH is 1. The van der Waals surface area contributed by atoms with Gasteiger partial charge in [-0.2, -0.15) is 23.6 Å². The molecule has 0 saturated carbocycles. The van der Waals surface area contributed by atoms with Gasteiger partial charge in [-0.05, 0) is 36.4 Å². The number of hydrogen-bond donors (Lipinski definition) is 2. The normalized spacial score (nSPS) is 21.0. The fourth-order valence-electron chi connectivity index (χ4n) is 3.26. The highest BCUT2D eigenvalue weighted by Gasteiger charge is 2.51. The molecule has 3 rings (SSSR count). The van der Waals surface area contributed by atoms with Crippen LogP contribution in [-0.4, -0.2) is 67.1 Å². The van der Waals surface area contributed by atoms with Crippen LogP contribution in [0.15, 0.2) is 47.4 Å². The predicted octanol–water partition coefficient (Wildman–Crippen LogP) is 1.55. The van der Waals surface area contributed by atoms with Gasteiger partial charge in [0.2, 0.25) is 10.0 Å². The van der Waals surface area contributed by atoms with Crippen molar-refractivity contribution >= 4 is 10.0 Å². The third-order valence-corrected chi connectivity index (χ3v) is 6.90. The molecule has 2 aromatic carbocycles. The van der Waals surface area contributed by atoms with Gasteiger partial charge in [-0.3, -0.25) is 0 Å². The molecule has 2 atom stereocenters. The number of nitrogens with zero attached hydrogens (tertiary/aromatic N) is 3. The lowest BCUT2D eigenvalue weighted by Gasteiger charge is -2.28. The molecule has 0 spiro atoms. The van der Waals surface area contributed by atoms with Gasteiger partial charge in [0.1, 0.15) is 11.7 Å². The standard InChI is InChI=1S/C21H18F3N3O6S/c22-11-21(23,24)33-18-7-15(9-26)3-6-17(18)32-19-10-27(12-20(19,29)13-28)34(30,31)16-4-1-14(8-25)2-5-16/h1-7,19,28-29H,10-13H2/t19-,20+/m0/s1. The first-order chi connectivity index (χ1) is 16.0. The van der Waals surface area contributed by atoms with Gasteiger partial charge in [0.15, 0.2) is 18.2 Å². The number of β-amino-alcohol motifs (C(OH)–C–C–N with tert-alkyl or cyclic N) is 1. The van der Waals surface area contributed by atoms with Crippen molar-refractivity contribution < 1.29 is 41.3 Å². The molecular weight excluding hydrogens is 479 g/mol. The summed E-state index contributed by atoms with van der Waals surface area (Å²) in [6.45, 7) is -4.18. The Morgan fingerprint density at radius 1 is 1.12 bits per heavy atom. The first kappa shape index (κ1) is 25.3. The van der Waals surface area contributed by atoms with Crippen LogP contribution >= 0.6 is 0 Å². The summed E-state index contributed by atoms with van der Waals surface area (Å²) in [7, 11) is -4.19. The van der Waals surface area contributed by atoms with Crippen LogP contribution in [0.25, 0.3) is 0 Å². The monoisotopic (exact) mass is 497 g/mol. The van der Waals surface area contributed by atoms with Crippen LogP contribution in [0.2, 0.25) is 0 Å². The Kier molecular flexibility index (Phi) is 7.05. The molecule has 2 N–H and O–H groups in total. The van der Waals surface area contributed by atoms with Gasteiger partial charge in [0.05, 0.1) is 41.3 Å². The first-order valence-corrected chi connectivity index (χ1v) is 11.1. The lowest BCUT2D eigenvalue weighted by molar-refractivity contribution is -0.187. The van der Waals surface area contributed by atoms with Crippen molar-refractivity contribution in [3.8, 4) is 23.6 Å². The third kappa shape index (κ3) is 5.08. The Morgan fingerprint density at radius 2 is 1.74 bits per heavy atom. The molecule has 180 valence electrons. The summed E-state index contributed by atoms with van der Waals surface area (Å²) in [6.07, 6.45) is -5.68. The van der Waals surface area contributed by atoms with Crippen molar-refractivity contribution in [2.45, 2.75) is 22.7 Å². The number of ether oxygens (including phenoxy) is 2. The van der Waals surface area contributed by atoms with Crippen molar-refractivity contribution in [1.29, 1.82) is 10.5 Å². The average molecular weight is 497 g/mol. The van der Waals surface area contributed by atoms with Gasteiger partial charge < -0.3 is 19.7 Å². The number of aliphatic hydroxyl groups is 2. The number of benzene rings is 2. The molecule has 1 fully saturated rings. The summed E-state index contributed by atoms with van der Waals surface area (Å²) >= 11 is 0. The van der Waals surface area contributed by atoms with E-state index in [9.17, 15) is 31.8 Å². The summed E-state index contributed by atoms with van der Waals surface area (Å²) in [5, 5.41) is 38.5. The quantitative estimate of drug-likeness (QED) is 0.559. The van der Waals surface area contributed by atoms with E-state index in [1.807, 2.05) is 6.07 Å². The van der Waals surface area contributed by atoms with E-state index in [1.165, 1.54) is 30.3 Å². The molecule has 1 heterocycles. The van der Waals surface area contributed by atoms with Gasteiger partial charge in [-0.15, -0.1) is 0 Å². The van der Waals surface area contributed by atoms with Gasteiger partial charge in [-0.1, -0.05) is 0 Å². The maximum absolute atomic E-state index is 13.5. The zero-order chi connectivity index (χ0) is 25.1. The molecule has 0 radical (unpaired) electrons. The maximum atomic E-state index is 13.5.